The van der Waals surface area contributed by atoms with Crippen LogP contribution in [0.1, 0.15) is 49.5 Å². The Balaban J connectivity index is 2.02. The molecule has 2 amide bonds. The Morgan fingerprint density at radius 3 is 2.48 bits per heavy atom. The minimum atomic E-state index is -0.530. The second-order valence-corrected chi connectivity index (χ2v) is 7.62. The predicted molar refractivity (Wildman–Crippen MR) is 92.4 cm³/mol. The standard InChI is InChI=1S/C17H23BrN2O3/c1-17(2,3)23-16(22)19-11-12-8-13(10-14(18)9-12)15(21)20-6-4-5-7-20/h8-10H,4-7,11H2,1-3H3,(H,19,22). The zero-order chi connectivity index (χ0) is 17.0. The lowest BCUT2D eigenvalue weighted by molar-refractivity contribution is 0.0523. The van der Waals surface area contributed by atoms with Crippen LogP contribution in [0.5, 0.6) is 0 Å². The summed E-state index contributed by atoms with van der Waals surface area (Å²) in [5.41, 5.74) is 0.966. The van der Waals surface area contributed by atoms with Crippen LogP contribution in [-0.4, -0.2) is 35.6 Å². The molecule has 1 heterocycles. The number of benzene rings is 1. The minimum Gasteiger partial charge on any atom is -0.444 e. The van der Waals surface area contributed by atoms with E-state index in [1.807, 2.05) is 43.9 Å². The van der Waals surface area contributed by atoms with Crippen LogP contribution in [-0.2, 0) is 11.3 Å². The molecule has 23 heavy (non-hydrogen) atoms. The maximum Gasteiger partial charge on any atom is 0.407 e. The molecule has 0 aromatic heterocycles. The molecule has 0 atom stereocenters. The molecule has 0 aliphatic carbocycles. The van der Waals surface area contributed by atoms with E-state index in [0.29, 0.717) is 12.1 Å². The largest absolute Gasteiger partial charge is 0.444 e. The Hall–Kier alpha value is -1.56. The van der Waals surface area contributed by atoms with Crippen LogP contribution in [0.4, 0.5) is 4.79 Å². The van der Waals surface area contributed by atoms with Crippen molar-refractivity contribution < 1.29 is 14.3 Å². The lowest BCUT2D eigenvalue weighted by Crippen LogP contribution is -2.32. The summed E-state index contributed by atoms with van der Waals surface area (Å²) >= 11 is 3.43. The third-order valence-electron chi connectivity index (χ3n) is 3.43. The van der Waals surface area contributed by atoms with Gasteiger partial charge in [-0.25, -0.2) is 4.79 Å². The molecule has 1 fully saturated rings. The van der Waals surface area contributed by atoms with E-state index in [2.05, 4.69) is 21.2 Å². The molecule has 6 heteroatoms. The maximum atomic E-state index is 12.5. The van der Waals surface area contributed by atoms with E-state index in [9.17, 15) is 9.59 Å². The van der Waals surface area contributed by atoms with Gasteiger partial charge in [0.15, 0.2) is 0 Å². The fraction of sp³-hybridized carbons (Fsp3) is 0.529. The highest BCUT2D eigenvalue weighted by molar-refractivity contribution is 9.10. The number of carbonyl (C=O) groups is 2. The quantitative estimate of drug-likeness (QED) is 0.866. The van der Waals surface area contributed by atoms with E-state index in [0.717, 1.165) is 36.0 Å². The number of ether oxygens (including phenoxy) is 1. The lowest BCUT2D eigenvalue weighted by atomic mass is 10.1. The second kappa shape index (κ2) is 7.34. The number of alkyl carbamates (subject to hydrolysis) is 1. The Bertz CT molecular complexity index is 590. The van der Waals surface area contributed by atoms with Crippen LogP contribution in [0.2, 0.25) is 0 Å². The molecule has 1 N–H and O–H groups in total. The van der Waals surface area contributed by atoms with E-state index >= 15 is 0 Å². The van der Waals surface area contributed by atoms with Crippen molar-refractivity contribution in [1.82, 2.24) is 10.2 Å². The molecule has 126 valence electrons. The fourth-order valence-electron chi connectivity index (χ4n) is 2.47. The van der Waals surface area contributed by atoms with Crippen LogP contribution < -0.4 is 5.32 Å². The number of likely N-dealkylation sites (tertiary alicyclic amines) is 1. The van der Waals surface area contributed by atoms with Gasteiger partial charge < -0.3 is 15.0 Å². The van der Waals surface area contributed by atoms with E-state index in [1.54, 1.807) is 0 Å². The summed E-state index contributed by atoms with van der Waals surface area (Å²) < 4.78 is 6.03. The van der Waals surface area contributed by atoms with Gasteiger partial charge in [0.25, 0.3) is 5.91 Å². The Morgan fingerprint density at radius 1 is 1.22 bits per heavy atom. The Morgan fingerprint density at radius 2 is 1.87 bits per heavy atom. The summed E-state index contributed by atoms with van der Waals surface area (Å²) in [4.78, 5) is 26.1. The van der Waals surface area contributed by atoms with Gasteiger partial charge >= 0.3 is 6.09 Å². The third-order valence-corrected chi connectivity index (χ3v) is 3.89. The topological polar surface area (TPSA) is 58.6 Å². The van der Waals surface area contributed by atoms with Crippen LogP contribution in [0.15, 0.2) is 22.7 Å². The normalized spacial score (nSPS) is 14.7. The van der Waals surface area contributed by atoms with E-state index in [-0.39, 0.29) is 5.91 Å². The zero-order valence-corrected chi connectivity index (χ0v) is 15.4. The summed E-state index contributed by atoms with van der Waals surface area (Å²) in [5.74, 6) is 0.0438. The van der Waals surface area contributed by atoms with Gasteiger partial charge in [0, 0.05) is 29.7 Å². The molecule has 5 nitrogen and oxygen atoms in total. The van der Waals surface area contributed by atoms with E-state index in [1.165, 1.54) is 0 Å². The number of nitrogens with zero attached hydrogens (tertiary/aromatic N) is 1. The first-order valence-electron chi connectivity index (χ1n) is 7.80. The number of nitrogens with one attached hydrogen (secondary N) is 1. The molecule has 1 aliphatic rings. The maximum absolute atomic E-state index is 12.5. The molecule has 1 aromatic rings. The number of hydrogen-bond donors (Lipinski definition) is 1. The highest BCUT2D eigenvalue weighted by Gasteiger charge is 2.20. The molecule has 1 aromatic carbocycles. The summed E-state index contributed by atoms with van der Waals surface area (Å²) in [6.07, 6.45) is 1.66. The first-order valence-corrected chi connectivity index (χ1v) is 8.59. The van der Waals surface area contributed by atoms with Crippen molar-refractivity contribution in [2.24, 2.45) is 0 Å². The van der Waals surface area contributed by atoms with Gasteiger partial charge in [0.05, 0.1) is 0 Å². The van der Waals surface area contributed by atoms with Crippen molar-refractivity contribution >= 4 is 27.9 Å². The Kier molecular flexibility index (Phi) is 5.68. The van der Waals surface area contributed by atoms with Crippen LogP contribution in [0.3, 0.4) is 0 Å². The number of halogens is 1. The van der Waals surface area contributed by atoms with Crippen molar-refractivity contribution in [1.29, 1.82) is 0 Å². The summed E-state index contributed by atoms with van der Waals surface area (Å²) in [6.45, 7) is 7.40. The highest BCUT2D eigenvalue weighted by atomic mass is 79.9. The second-order valence-electron chi connectivity index (χ2n) is 6.70. The molecule has 1 saturated heterocycles. The van der Waals surface area contributed by atoms with Crippen molar-refractivity contribution in [2.45, 2.75) is 45.8 Å². The van der Waals surface area contributed by atoms with Crippen LogP contribution in [0.25, 0.3) is 0 Å². The molecule has 0 radical (unpaired) electrons. The molecule has 0 spiro atoms. The van der Waals surface area contributed by atoms with Gasteiger partial charge in [0.1, 0.15) is 5.60 Å². The van der Waals surface area contributed by atoms with Crippen molar-refractivity contribution in [2.75, 3.05) is 13.1 Å². The van der Waals surface area contributed by atoms with E-state index < -0.39 is 11.7 Å². The van der Waals surface area contributed by atoms with Gasteiger partial charge in [-0.05, 0) is 57.4 Å². The smallest absolute Gasteiger partial charge is 0.407 e. The van der Waals surface area contributed by atoms with Crippen LogP contribution >= 0.6 is 15.9 Å². The number of rotatable bonds is 3. The van der Waals surface area contributed by atoms with Gasteiger partial charge in [-0.15, -0.1) is 0 Å². The van der Waals surface area contributed by atoms with E-state index in [4.69, 9.17) is 4.74 Å². The summed E-state index contributed by atoms with van der Waals surface area (Å²) in [5, 5.41) is 2.71. The number of amides is 2. The molecule has 0 unspecified atom stereocenters. The molecule has 0 bridgehead atoms. The third kappa shape index (κ3) is 5.53. The van der Waals surface area contributed by atoms with Gasteiger partial charge in [-0.2, -0.15) is 0 Å². The van der Waals surface area contributed by atoms with Gasteiger partial charge in [0.2, 0.25) is 0 Å². The minimum absolute atomic E-state index is 0.0438. The lowest BCUT2D eigenvalue weighted by Gasteiger charge is -2.20. The predicted octanol–water partition coefficient (Wildman–Crippen LogP) is 3.71. The highest BCUT2D eigenvalue weighted by Crippen LogP contribution is 2.19. The fourth-order valence-corrected chi connectivity index (χ4v) is 3.01. The van der Waals surface area contributed by atoms with Crippen molar-refractivity contribution in [3.05, 3.63) is 33.8 Å². The molecule has 0 saturated carbocycles. The average Bonchev–Trinajstić information content (AvgIpc) is 2.96. The first-order chi connectivity index (χ1) is 10.7. The summed E-state index contributed by atoms with van der Waals surface area (Å²) in [7, 11) is 0. The monoisotopic (exact) mass is 382 g/mol. The molecule has 1 aliphatic heterocycles. The van der Waals surface area contributed by atoms with Crippen LogP contribution in [0, 0.1) is 0 Å². The number of hydrogen-bond acceptors (Lipinski definition) is 3. The zero-order valence-electron chi connectivity index (χ0n) is 13.8. The van der Waals surface area contributed by atoms with Gasteiger partial charge in [-0.1, -0.05) is 15.9 Å². The molecule has 2 rings (SSSR count). The first kappa shape index (κ1) is 17.8. The molecular formula is C17H23BrN2O3. The summed E-state index contributed by atoms with van der Waals surface area (Å²) in [6, 6.07) is 5.53. The van der Waals surface area contributed by atoms with Crippen molar-refractivity contribution in [3.63, 3.8) is 0 Å². The van der Waals surface area contributed by atoms with Gasteiger partial charge in [-0.3, -0.25) is 4.79 Å². The average molecular weight is 383 g/mol. The Labute approximate surface area is 145 Å². The molecular weight excluding hydrogens is 360 g/mol. The number of carbonyl (C=O) groups excluding carboxylic acids is 2. The van der Waals surface area contributed by atoms with Crippen molar-refractivity contribution in [3.8, 4) is 0 Å². The SMILES string of the molecule is CC(C)(C)OC(=O)NCc1cc(Br)cc(C(=O)N2CCCC2)c1.